The number of rotatable bonds is 10. The fourth-order valence-corrected chi connectivity index (χ4v) is 2.65. The van der Waals surface area contributed by atoms with Crippen LogP contribution in [-0.2, 0) is 12.8 Å². The topological polar surface area (TPSA) is 23.5 Å². The van der Waals surface area contributed by atoms with Crippen LogP contribution in [0.3, 0.4) is 0 Å². The molecule has 0 aliphatic rings. The van der Waals surface area contributed by atoms with Crippen LogP contribution in [0, 0.1) is 0 Å². The van der Waals surface area contributed by atoms with Crippen LogP contribution >= 0.6 is 0 Å². The molecule has 0 aromatic heterocycles. The monoisotopic (exact) mass is 297 g/mol. The zero-order valence-corrected chi connectivity index (χ0v) is 13.3. The van der Waals surface area contributed by atoms with Crippen LogP contribution in [0.2, 0.25) is 0 Å². The van der Waals surface area contributed by atoms with E-state index in [0.29, 0.717) is 0 Å². The SMILES string of the molecule is ON(CCCCc1ccccc1)CCCCc1ccccc1. The maximum absolute atomic E-state index is 9.88. The van der Waals surface area contributed by atoms with Crippen molar-refractivity contribution < 1.29 is 5.21 Å². The Morgan fingerprint density at radius 1 is 0.591 bits per heavy atom. The highest BCUT2D eigenvalue weighted by molar-refractivity contribution is 5.15. The summed E-state index contributed by atoms with van der Waals surface area (Å²) >= 11 is 0. The minimum absolute atomic E-state index is 0.776. The fraction of sp³-hybridized carbons (Fsp3) is 0.400. The van der Waals surface area contributed by atoms with Crippen LogP contribution in [0.1, 0.15) is 36.8 Å². The van der Waals surface area contributed by atoms with Gasteiger partial charge < -0.3 is 5.21 Å². The number of hydroxylamine groups is 2. The van der Waals surface area contributed by atoms with Crippen molar-refractivity contribution in [2.45, 2.75) is 38.5 Å². The average molecular weight is 297 g/mol. The van der Waals surface area contributed by atoms with Gasteiger partial charge in [0.1, 0.15) is 0 Å². The zero-order valence-electron chi connectivity index (χ0n) is 13.3. The summed E-state index contributed by atoms with van der Waals surface area (Å²) in [4.78, 5) is 0. The molecule has 1 N–H and O–H groups in total. The van der Waals surface area contributed by atoms with Crippen molar-refractivity contribution in [3.8, 4) is 0 Å². The Morgan fingerprint density at radius 3 is 1.41 bits per heavy atom. The molecular formula is C20H27NO. The molecule has 0 radical (unpaired) electrons. The van der Waals surface area contributed by atoms with Crippen LogP contribution in [0.5, 0.6) is 0 Å². The largest absolute Gasteiger partial charge is 0.314 e. The summed E-state index contributed by atoms with van der Waals surface area (Å²) in [6.07, 6.45) is 6.55. The summed E-state index contributed by atoms with van der Waals surface area (Å²) in [7, 11) is 0. The summed E-state index contributed by atoms with van der Waals surface area (Å²) in [5, 5.41) is 11.4. The second-order valence-corrected chi connectivity index (χ2v) is 5.84. The molecule has 0 aliphatic heterocycles. The van der Waals surface area contributed by atoms with Crippen molar-refractivity contribution in [1.82, 2.24) is 5.06 Å². The summed E-state index contributed by atoms with van der Waals surface area (Å²) in [5.41, 5.74) is 2.77. The van der Waals surface area contributed by atoms with Crippen LogP contribution in [0.15, 0.2) is 60.7 Å². The van der Waals surface area contributed by atoms with Gasteiger partial charge in [0.25, 0.3) is 0 Å². The van der Waals surface area contributed by atoms with E-state index in [-0.39, 0.29) is 0 Å². The molecule has 0 bridgehead atoms. The lowest BCUT2D eigenvalue weighted by atomic mass is 10.1. The van der Waals surface area contributed by atoms with E-state index in [2.05, 4.69) is 60.7 Å². The second-order valence-electron chi connectivity index (χ2n) is 5.84. The maximum Gasteiger partial charge on any atom is 0.0238 e. The van der Waals surface area contributed by atoms with Crippen molar-refractivity contribution in [1.29, 1.82) is 0 Å². The lowest BCUT2D eigenvalue weighted by Gasteiger charge is -2.14. The fourth-order valence-electron chi connectivity index (χ4n) is 2.65. The Morgan fingerprint density at radius 2 is 1.00 bits per heavy atom. The van der Waals surface area contributed by atoms with Gasteiger partial charge in [0.05, 0.1) is 0 Å². The Balaban J connectivity index is 1.48. The van der Waals surface area contributed by atoms with Gasteiger partial charge in [-0.05, 0) is 49.7 Å². The highest BCUT2D eigenvalue weighted by atomic mass is 16.5. The molecule has 2 aromatic carbocycles. The third kappa shape index (κ3) is 6.88. The van der Waals surface area contributed by atoms with Gasteiger partial charge in [0, 0.05) is 13.1 Å². The lowest BCUT2D eigenvalue weighted by molar-refractivity contribution is -0.0923. The van der Waals surface area contributed by atoms with Crippen molar-refractivity contribution in [2.24, 2.45) is 0 Å². The molecule has 0 amide bonds. The van der Waals surface area contributed by atoms with Crippen LogP contribution in [0.25, 0.3) is 0 Å². The standard InChI is InChI=1S/C20H27NO/c22-21(17-9-7-15-19-11-3-1-4-12-19)18-10-8-16-20-13-5-2-6-14-20/h1-6,11-14,22H,7-10,15-18H2. The third-order valence-electron chi connectivity index (χ3n) is 3.95. The van der Waals surface area contributed by atoms with Gasteiger partial charge in [-0.1, -0.05) is 60.7 Å². The van der Waals surface area contributed by atoms with E-state index in [0.717, 1.165) is 51.6 Å². The number of aryl methyl sites for hydroxylation is 2. The molecule has 2 aromatic rings. The van der Waals surface area contributed by atoms with Gasteiger partial charge in [0.15, 0.2) is 0 Å². The molecule has 2 rings (SSSR count). The molecule has 0 unspecified atom stereocenters. The van der Waals surface area contributed by atoms with Crippen molar-refractivity contribution in [3.05, 3.63) is 71.8 Å². The van der Waals surface area contributed by atoms with Gasteiger partial charge >= 0.3 is 0 Å². The first kappa shape index (κ1) is 16.7. The number of hydrogen-bond donors (Lipinski definition) is 1. The van der Waals surface area contributed by atoms with Gasteiger partial charge in [-0.2, -0.15) is 5.06 Å². The Bertz CT molecular complexity index is 450. The molecule has 0 saturated carbocycles. The van der Waals surface area contributed by atoms with E-state index < -0.39 is 0 Å². The van der Waals surface area contributed by atoms with E-state index in [1.165, 1.54) is 16.2 Å². The Kier molecular flexibility index (Phi) is 7.71. The normalized spacial score (nSPS) is 11.0. The minimum atomic E-state index is 0.776. The molecule has 0 saturated heterocycles. The first-order chi connectivity index (χ1) is 10.8. The molecule has 2 heteroatoms. The van der Waals surface area contributed by atoms with Crippen molar-refractivity contribution in [2.75, 3.05) is 13.1 Å². The number of unbranched alkanes of at least 4 members (excludes halogenated alkanes) is 2. The minimum Gasteiger partial charge on any atom is -0.314 e. The molecule has 2 nitrogen and oxygen atoms in total. The highest BCUT2D eigenvalue weighted by Crippen LogP contribution is 2.07. The van der Waals surface area contributed by atoms with E-state index in [4.69, 9.17) is 0 Å². The predicted octanol–water partition coefficient (Wildman–Crippen LogP) is 4.72. The summed E-state index contributed by atoms with van der Waals surface area (Å²) in [5.74, 6) is 0. The van der Waals surface area contributed by atoms with E-state index in [1.807, 2.05) is 0 Å². The highest BCUT2D eigenvalue weighted by Gasteiger charge is 2.01. The number of nitrogens with zero attached hydrogens (tertiary/aromatic N) is 1. The van der Waals surface area contributed by atoms with Gasteiger partial charge in [-0.25, -0.2) is 0 Å². The number of benzene rings is 2. The molecule has 0 aliphatic carbocycles. The van der Waals surface area contributed by atoms with Crippen LogP contribution in [-0.4, -0.2) is 23.4 Å². The molecule has 0 atom stereocenters. The molecule has 0 spiro atoms. The smallest absolute Gasteiger partial charge is 0.0238 e. The maximum atomic E-state index is 9.88. The molecule has 0 fully saturated rings. The molecule has 22 heavy (non-hydrogen) atoms. The average Bonchev–Trinajstić information content (AvgIpc) is 2.57. The Labute approximate surface area is 134 Å². The second kappa shape index (κ2) is 10.1. The summed E-state index contributed by atoms with van der Waals surface area (Å²) in [6, 6.07) is 21.1. The predicted molar refractivity (Wildman–Crippen MR) is 92.1 cm³/mol. The first-order valence-corrected chi connectivity index (χ1v) is 8.36. The van der Waals surface area contributed by atoms with Gasteiger partial charge in [0.2, 0.25) is 0 Å². The molecule has 0 heterocycles. The van der Waals surface area contributed by atoms with Crippen molar-refractivity contribution >= 4 is 0 Å². The summed E-state index contributed by atoms with van der Waals surface area (Å²) in [6.45, 7) is 1.55. The van der Waals surface area contributed by atoms with Gasteiger partial charge in [-0.3, -0.25) is 0 Å². The van der Waals surface area contributed by atoms with Crippen molar-refractivity contribution in [3.63, 3.8) is 0 Å². The summed E-state index contributed by atoms with van der Waals surface area (Å²) < 4.78 is 0. The lowest BCUT2D eigenvalue weighted by Crippen LogP contribution is -2.22. The molecule has 118 valence electrons. The van der Waals surface area contributed by atoms with Crippen LogP contribution in [0.4, 0.5) is 0 Å². The quantitative estimate of drug-likeness (QED) is 0.506. The van der Waals surface area contributed by atoms with E-state index >= 15 is 0 Å². The Hall–Kier alpha value is -1.64. The number of hydrogen-bond acceptors (Lipinski definition) is 2. The molecular weight excluding hydrogens is 270 g/mol. The first-order valence-electron chi connectivity index (χ1n) is 8.36. The third-order valence-corrected chi connectivity index (χ3v) is 3.95. The zero-order chi connectivity index (χ0) is 15.5. The van der Waals surface area contributed by atoms with Crippen LogP contribution < -0.4 is 0 Å². The van der Waals surface area contributed by atoms with Gasteiger partial charge in [-0.15, -0.1) is 0 Å². The van der Waals surface area contributed by atoms with E-state index in [1.54, 1.807) is 0 Å². The van der Waals surface area contributed by atoms with E-state index in [9.17, 15) is 5.21 Å².